The van der Waals surface area contributed by atoms with Crippen LogP contribution in [0.5, 0.6) is 5.75 Å². The summed E-state index contributed by atoms with van der Waals surface area (Å²) in [5.74, 6) is 0.311. The summed E-state index contributed by atoms with van der Waals surface area (Å²) in [6.07, 6.45) is 4.36. The van der Waals surface area contributed by atoms with Crippen molar-refractivity contribution in [1.82, 2.24) is 0 Å². The number of carbonyl (C=O) groups is 1. The van der Waals surface area contributed by atoms with Gasteiger partial charge < -0.3 is 15.0 Å². The maximum absolute atomic E-state index is 13.7. The zero-order valence-corrected chi connectivity index (χ0v) is 15.1. The molecule has 0 saturated carbocycles. The molecule has 1 saturated heterocycles. The monoisotopic (exact) mass is 356 g/mol. The smallest absolute Gasteiger partial charge is 0.224 e. The number of nitrogens with zero attached hydrogens (tertiary/aromatic N) is 1. The number of nitrogens with one attached hydrogen (secondary N) is 1. The zero-order chi connectivity index (χ0) is 18.4. The van der Waals surface area contributed by atoms with E-state index in [0.29, 0.717) is 18.5 Å². The molecule has 1 heterocycles. The number of para-hydroxylation sites is 1. The molecule has 3 rings (SSSR count). The van der Waals surface area contributed by atoms with Crippen molar-refractivity contribution in [3.05, 3.63) is 53.8 Å². The molecule has 4 nitrogen and oxygen atoms in total. The molecule has 0 aliphatic carbocycles. The SMILES string of the molecule is COc1ccccc1CCC(=O)Nc1cc(F)ccc1N1CCCCC1. The Morgan fingerprint density at radius 2 is 1.92 bits per heavy atom. The Hall–Kier alpha value is -2.56. The minimum Gasteiger partial charge on any atom is -0.496 e. The highest BCUT2D eigenvalue weighted by atomic mass is 19.1. The molecule has 1 amide bonds. The van der Waals surface area contributed by atoms with E-state index in [2.05, 4.69) is 10.2 Å². The van der Waals surface area contributed by atoms with Crippen molar-refractivity contribution < 1.29 is 13.9 Å². The maximum Gasteiger partial charge on any atom is 0.224 e. The normalized spacial score (nSPS) is 14.2. The van der Waals surface area contributed by atoms with Crippen LogP contribution in [0.1, 0.15) is 31.2 Å². The van der Waals surface area contributed by atoms with Gasteiger partial charge in [0.25, 0.3) is 0 Å². The third-order valence-corrected chi connectivity index (χ3v) is 4.74. The summed E-state index contributed by atoms with van der Waals surface area (Å²) in [5.41, 5.74) is 2.44. The van der Waals surface area contributed by atoms with Gasteiger partial charge in [-0.15, -0.1) is 0 Å². The number of aryl methyl sites for hydroxylation is 1. The number of rotatable bonds is 6. The van der Waals surface area contributed by atoms with Gasteiger partial charge in [0.2, 0.25) is 5.91 Å². The lowest BCUT2D eigenvalue weighted by Gasteiger charge is -2.30. The van der Waals surface area contributed by atoms with Crippen LogP contribution in [0.25, 0.3) is 0 Å². The van der Waals surface area contributed by atoms with Crippen LogP contribution >= 0.6 is 0 Å². The predicted molar refractivity (Wildman–Crippen MR) is 102 cm³/mol. The van der Waals surface area contributed by atoms with E-state index in [1.807, 2.05) is 24.3 Å². The summed E-state index contributed by atoms with van der Waals surface area (Å²) in [6.45, 7) is 1.88. The first-order valence-corrected chi connectivity index (χ1v) is 9.13. The lowest BCUT2D eigenvalue weighted by Crippen LogP contribution is -2.30. The predicted octanol–water partition coefficient (Wildman–Crippen LogP) is 4.40. The minimum absolute atomic E-state index is 0.125. The van der Waals surface area contributed by atoms with Gasteiger partial charge in [-0.3, -0.25) is 4.79 Å². The number of methoxy groups -OCH3 is 1. The summed E-state index contributed by atoms with van der Waals surface area (Å²) in [5, 5.41) is 2.89. The highest BCUT2D eigenvalue weighted by Gasteiger charge is 2.17. The first-order chi connectivity index (χ1) is 12.7. The van der Waals surface area contributed by atoms with Gasteiger partial charge in [0.15, 0.2) is 0 Å². The van der Waals surface area contributed by atoms with Crippen LogP contribution in [0.4, 0.5) is 15.8 Å². The first-order valence-electron chi connectivity index (χ1n) is 9.13. The summed E-state index contributed by atoms with van der Waals surface area (Å²) in [6, 6.07) is 12.3. The Bertz CT molecular complexity index is 757. The minimum atomic E-state index is -0.342. The molecule has 1 aliphatic heterocycles. The number of anilines is 2. The van der Waals surface area contributed by atoms with E-state index in [9.17, 15) is 9.18 Å². The van der Waals surface area contributed by atoms with Crippen LogP contribution < -0.4 is 15.0 Å². The molecule has 0 bridgehead atoms. The number of ether oxygens (including phenoxy) is 1. The van der Waals surface area contributed by atoms with E-state index in [1.54, 1.807) is 13.2 Å². The number of hydrogen-bond donors (Lipinski definition) is 1. The van der Waals surface area contributed by atoms with Crippen LogP contribution in [-0.4, -0.2) is 26.1 Å². The Morgan fingerprint density at radius 1 is 1.15 bits per heavy atom. The molecule has 1 fully saturated rings. The average Bonchev–Trinajstić information content (AvgIpc) is 2.67. The van der Waals surface area contributed by atoms with Crippen molar-refractivity contribution in [3.8, 4) is 5.75 Å². The van der Waals surface area contributed by atoms with E-state index in [1.165, 1.54) is 18.6 Å². The molecule has 2 aromatic carbocycles. The number of piperidine rings is 1. The fraction of sp³-hybridized carbons (Fsp3) is 0.381. The number of benzene rings is 2. The van der Waals surface area contributed by atoms with Crippen LogP contribution in [-0.2, 0) is 11.2 Å². The van der Waals surface area contributed by atoms with E-state index in [4.69, 9.17) is 4.74 Å². The molecule has 26 heavy (non-hydrogen) atoms. The molecule has 2 aromatic rings. The molecule has 5 heteroatoms. The Kier molecular flexibility index (Phi) is 6.10. The van der Waals surface area contributed by atoms with Crippen LogP contribution in [0.2, 0.25) is 0 Å². The van der Waals surface area contributed by atoms with Crippen molar-refractivity contribution in [2.24, 2.45) is 0 Å². The Labute approximate surface area is 154 Å². The van der Waals surface area contributed by atoms with Gasteiger partial charge in [-0.25, -0.2) is 4.39 Å². The molecule has 0 atom stereocenters. The van der Waals surface area contributed by atoms with E-state index in [0.717, 1.165) is 42.9 Å². The van der Waals surface area contributed by atoms with Gasteiger partial charge in [-0.2, -0.15) is 0 Å². The fourth-order valence-corrected chi connectivity index (χ4v) is 3.39. The summed E-state index contributed by atoms with van der Waals surface area (Å²) < 4.78 is 19.1. The van der Waals surface area contributed by atoms with E-state index in [-0.39, 0.29) is 11.7 Å². The lowest BCUT2D eigenvalue weighted by molar-refractivity contribution is -0.116. The van der Waals surface area contributed by atoms with Crippen LogP contribution in [0.3, 0.4) is 0 Å². The quantitative estimate of drug-likeness (QED) is 0.834. The van der Waals surface area contributed by atoms with Crippen molar-refractivity contribution >= 4 is 17.3 Å². The first kappa shape index (κ1) is 18.2. The topological polar surface area (TPSA) is 41.6 Å². The Balaban J connectivity index is 1.67. The molecule has 0 unspecified atom stereocenters. The highest BCUT2D eigenvalue weighted by molar-refractivity contribution is 5.94. The second-order valence-corrected chi connectivity index (χ2v) is 6.57. The second kappa shape index (κ2) is 8.70. The molecule has 138 valence electrons. The van der Waals surface area contributed by atoms with Crippen molar-refractivity contribution in [1.29, 1.82) is 0 Å². The lowest BCUT2D eigenvalue weighted by atomic mass is 10.1. The van der Waals surface area contributed by atoms with Gasteiger partial charge in [-0.05, 0) is 55.5 Å². The maximum atomic E-state index is 13.7. The third-order valence-electron chi connectivity index (χ3n) is 4.74. The standard InChI is InChI=1S/C21H25FN2O2/c1-26-20-8-4-3-7-16(20)9-12-21(25)23-18-15-17(22)10-11-19(18)24-13-5-2-6-14-24/h3-4,7-8,10-11,15H,2,5-6,9,12-14H2,1H3,(H,23,25). The summed E-state index contributed by atoms with van der Waals surface area (Å²) in [4.78, 5) is 14.7. The van der Waals surface area contributed by atoms with E-state index < -0.39 is 0 Å². The van der Waals surface area contributed by atoms with Gasteiger partial charge >= 0.3 is 0 Å². The molecule has 1 aliphatic rings. The van der Waals surface area contributed by atoms with Gasteiger partial charge in [0, 0.05) is 19.5 Å². The van der Waals surface area contributed by atoms with Gasteiger partial charge in [-0.1, -0.05) is 18.2 Å². The van der Waals surface area contributed by atoms with Crippen molar-refractivity contribution in [2.75, 3.05) is 30.4 Å². The number of halogens is 1. The zero-order valence-electron chi connectivity index (χ0n) is 15.1. The largest absolute Gasteiger partial charge is 0.496 e. The van der Waals surface area contributed by atoms with Crippen LogP contribution in [0.15, 0.2) is 42.5 Å². The molecular formula is C21H25FN2O2. The Morgan fingerprint density at radius 3 is 2.69 bits per heavy atom. The van der Waals surface area contributed by atoms with Crippen molar-refractivity contribution in [3.63, 3.8) is 0 Å². The van der Waals surface area contributed by atoms with Gasteiger partial charge in [0.05, 0.1) is 18.5 Å². The highest BCUT2D eigenvalue weighted by Crippen LogP contribution is 2.29. The van der Waals surface area contributed by atoms with E-state index >= 15 is 0 Å². The number of amides is 1. The molecule has 0 aromatic heterocycles. The molecule has 1 N–H and O–H groups in total. The molecule has 0 spiro atoms. The van der Waals surface area contributed by atoms with Crippen molar-refractivity contribution in [2.45, 2.75) is 32.1 Å². The number of carbonyl (C=O) groups excluding carboxylic acids is 1. The molecular weight excluding hydrogens is 331 g/mol. The number of hydrogen-bond acceptors (Lipinski definition) is 3. The summed E-state index contributed by atoms with van der Waals surface area (Å²) in [7, 11) is 1.62. The second-order valence-electron chi connectivity index (χ2n) is 6.57. The summed E-state index contributed by atoms with van der Waals surface area (Å²) >= 11 is 0. The average molecular weight is 356 g/mol. The van der Waals surface area contributed by atoms with Gasteiger partial charge in [0.1, 0.15) is 11.6 Å². The van der Waals surface area contributed by atoms with Crippen LogP contribution in [0, 0.1) is 5.82 Å². The third kappa shape index (κ3) is 4.54. The fourth-order valence-electron chi connectivity index (χ4n) is 3.39. The molecule has 0 radical (unpaired) electrons.